The van der Waals surface area contributed by atoms with Crippen LogP contribution in [0, 0.1) is 0 Å². The van der Waals surface area contributed by atoms with Gasteiger partial charge in [-0.05, 0) is 0 Å². The Morgan fingerprint density at radius 2 is 1.94 bits per heavy atom. The first-order valence-corrected chi connectivity index (χ1v) is 8.21. The van der Waals surface area contributed by atoms with Crippen LogP contribution in [0.15, 0.2) is 9.50 Å². The zero-order valence-electron chi connectivity index (χ0n) is 10.3. The van der Waals surface area contributed by atoms with E-state index < -0.39 is 0 Å². The molecule has 0 rings (SSSR count). The molecule has 0 aromatic rings. The molecule has 2 nitrogen and oxygen atoms in total. The summed E-state index contributed by atoms with van der Waals surface area (Å²) in [6.45, 7) is 4.24. The number of halogens is 1. The van der Waals surface area contributed by atoms with Gasteiger partial charge in [-0.1, -0.05) is 0 Å². The SMILES string of the molecule is CCCCCC/C(Cl)=C(\[Se]CC)C(=O)OC. The Labute approximate surface area is 110 Å². The summed E-state index contributed by atoms with van der Waals surface area (Å²) in [6.07, 6.45) is 5.50. The third-order valence-electron chi connectivity index (χ3n) is 2.16. The summed E-state index contributed by atoms with van der Waals surface area (Å²) in [7, 11) is 1.41. The molecular formula is C12H21ClO2Se. The van der Waals surface area contributed by atoms with Crippen molar-refractivity contribution in [1.29, 1.82) is 0 Å². The second-order valence-electron chi connectivity index (χ2n) is 3.47. The van der Waals surface area contributed by atoms with Gasteiger partial charge in [-0.3, -0.25) is 0 Å². The quantitative estimate of drug-likeness (QED) is 0.295. The summed E-state index contributed by atoms with van der Waals surface area (Å²) < 4.78 is 5.47. The molecule has 0 bridgehead atoms. The molecule has 0 saturated carbocycles. The van der Waals surface area contributed by atoms with Gasteiger partial charge in [-0.25, -0.2) is 0 Å². The maximum atomic E-state index is 11.5. The molecule has 0 atom stereocenters. The molecule has 0 heterocycles. The number of hydrogen-bond donors (Lipinski definition) is 0. The molecule has 0 aliphatic carbocycles. The van der Waals surface area contributed by atoms with E-state index in [4.69, 9.17) is 16.3 Å². The first-order valence-electron chi connectivity index (χ1n) is 5.77. The zero-order chi connectivity index (χ0) is 12.4. The topological polar surface area (TPSA) is 26.3 Å². The van der Waals surface area contributed by atoms with Crippen LogP contribution in [0.5, 0.6) is 0 Å². The van der Waals surface area contributed by atoms with Gasteiger partial charge < -0.3 is 0 Å². The van der Waals surface area contributed by atoms with Crippen molar-refractivity contribution in [3.05, 3.63) is 9.50 Å². The van der Waals surface area contributed by atoms with Crippen molar-refractivity contribution < 1.29 is 9.53 Å². The Balaban J connectivity index is 4.27. The Morgan fingerprint density at radius 1 is 1.25 bits per heavy atom. The molecule has 0 fully saturated rings. The van der Waals surface area contributed by atoms with Crippen molar-refractivity contribution in [2.24, 2.45) is 0 Å². The molecular weight excluding hydrogens is 291 g/mol. The third-order valence-corrected chi connectivity index (χ3v) is 4.87. The molecule has 0 aliphatic heterocycles. The normalized spacial score (nSPS) is 12.2. The standard InChI is InChI=1S/C12H21ClO2Se/c1-4-6-7-8-9-10(13)11(16-5-2)12(14)15-3/h4-9H2,1-3H3/b11-10+. The Morgan fingerprint density at radius 3 is 2.44 bits per heavy atom. The number of methoxy groups -OCH3 is 1. The van der Waals surface area contributed by atoms with Crippen molar-refractivity contribution in [1.82, 2.24) is 0 Å². The van der Waals surface area contributed by atoms with Crippen molar-refractivity contribution in [3.63, 3.8) is 0 Å². The summed E-state index contributed by atoms with van der Waals surface area (Å²) in [5, 5.41) is 1.69. The summed E-state index contributed by atoms with van der Waals surface area (Å²) >= 11 is 6.32. The van der Waals surface area contributed by atoms with Crippen LogP contribution in [0.3, 0.4) is 0 Å². The third kappa shape index (κ3) is 6.57. The monoisotopic (exact) mass is 312 g/mol. The van der Waals surface area contributed by atoms with Crippen LogP contribution in [0.4, 0.5) is 0 Å². The molecule has 0 radical (unpaired) electrons. The van der Waals surface area contributed by atoms with Crippen LogP contribution in [0.25, 0.3) is 0 Å². The molecule has 0 spiro atoms. The van der Waals surface area contributed by atoms with E-state index in [1.165, 1.54) is 26.4 Å². The number of carbonyl (C=O) groups is 1. The fourth-order valence-electron chi connectivity index (χ4n) is 1.31. The number of allylic oxidation sites excluding steroid dienone is 1. The van der Waals surface area contributed by atoms with Gasteiger partial charge in [0.2, 0.25) is 0 Å². The molecule has 94 valence electrons. The number of hydrogen-bond acceptors (Lipinski definition) is 2. The molecule has 0 unspecified atom stereocenters. The minimum absolute atomic E-state index is 0.148. The number of esters is 1. The number of ether oxygens (including phenoxy) is 1. The number of rotatable bonds is 8. The number of carbonyl (C=O) groups excluding carboxylic acids is 1. The summed E-state index contributed by atoms with van der Waals surface area (Å²) in [5.74, 6) is -0.248. The van der Waals surface area contributed by atoms with Crippen molar-refractivity contribution in [2.45, 2.75) is 51.3 Å². The van der Waals surface area contributed by atoms with Crippen LogP contribution < -0.4 is 0 Å². The van der Waals surface area contributed by atoms with E-state index in [9.17, 15) is 4.79 Å². The Hall–Kier alpha value is 0.0195. The summed E-state index contributed by atoms with van der Waals surface area (Å²) in [5.41, 5.74) is 0. The Kier molecular flexibility index (Phi) is 10.2. The van der Waals surface area contributed by atoms with E-state index in [-0.39, 0.29) is 20.9 Å². The average Bonchev–Trinajstić information content (AvgIpc) is 2.30. The van der Waals surface area contributed by atoms with Gasteiger partial charge in [0.1, 0.15) is 0 Å². The van der Waals surface area contributed by atoms with E-state index in [2.05, 4.69) is 13.8 Å². The van der Waals surface area contributed by atoms with Gasteiger partial charge in [0.15, 0.2) is 0 Å². The molecule has 4 heteroatoms. The second kappa shape index (κ2) is 10.2. The van der Waals surface area contributed by atoms with Crippen LogP contribution in [-0.2, 0) is 9.53 Å². The van der Waals surface area contributed by atoms with Crippen molar-refractivity contribution in [3.8, 4) is 0 Å². The van der Waals surface area contributed by atoms with Crippen molar-refractivity contribution in [2.75, 3.05) is 7.11 Å². The van der Waals surface area contributed by atoms with Gasteiger partial charge in [0.05, 0.1) is 0 Å². The average molecular weight is 312 g/mol. The van der Waals surface area contributed by atoms with Gasteiger partial charge >= 0.3 is 110 Å². The minimum atomic E-state index is -0.248. The predicted molar refractivity (Wildman–Crippen MR) is 69.9 cm³/mol. The van der Waals surface area contributed by atoms with E-state index in [1.807, 2.05) is 0 Å². The molecule has 0 aromatic heterocycles. The fraction of sp³-hybridized carbons (Fsp3) is 0.750. The van der Waals surface area contributed by atoms with Crippen LogP contribution >= 0.6 is 11.6 Å². The second-order valence-corrected chi connectivity index (χ2v) is 6.60. The molecule has 16 heavy (non-hydrogen) atoms. The summed E-state index contributed by atoms with van der Waals surface area (Å²) in [4.78, 5) is 11.5. The summed E-state index contributed by atoms with van der Waals surface area (Å²) in [6, 6.07) is 0. The van der Waals surface area contributed by atoms with Gasteiger partial charge in [0.25, 0.3) is 0 Å². The molecule has 0 N–H and O–H groups in total. The predicted octanol–water partition coefficient (Wildman–Crippen LogP) is 3.72. The first kappa shape index (κ1) is 16.0. The molecule has 0 amide bonds. The Bertz CT molecular complexity index is 239. The van der Waals surface area contributed by atoms with E-state index in [1.54, 1.807) is 0 Å². The number of unbranched alkanes of at least 4 members (excludes halogenated alkanes) is 3. The molecule has 0 saturated heterocycles. The van der Waals surface area contributed by atoms with Gasteiger partial charge in [-0.15, -0.1) is 0 Å². The zero-order valence-corrected chi connectivity index (χ0v) is 12.8. The van der Waals surface area contributed by atoms with Gasteiger partial charge in [0, 0.05) is 0 Å². The van der Waals surface area contributed by atoms with Gasteiger partial charge in [-0.2, -0.15) is 0 Å². The van der Waals surface area contributed by atoms with Crippen LogP contribution in [-0.4, -0.2) is 28.0 Å². The van der Waals surface area contributed by atoms with E-state index in [0.717, 1.165) is 22.6 Å². The van der Waals surface area contributed by atoms with E-state index in [0.29, 0.717) is 5.03 Å². The molecule has 0 aromatic carbocycles. The fourth-order valence-corrected chi connectivity index (χ4v) is 3.37. The first-order chi connectivity index (χ1) is 7.67. The van der Waals surface area contributed by atoms with Crippen molar-refractivity contribution >= 4 is 32.5 Å². The van der Waals surface area contributed by atoms with E-state index >= 15 is 0 Å². The maximum absolute atomic E-state index is 11.5. The molecule has 0 aliphatic rings. The van der Waals surface area contributed by atoms with Crippen LogP contribution in [0.2, 0.25) is 5.32 Å². The van der Waals surface area contributed by atoms with Crippen LogP contribution in [0.1, 0.15) is 46.0 Å².